The van der Waals surface area contributed by atoms with E-state index in [1.54, 1.807) is 24.3 Å². The predicted octanol–water partition coefficient (Wildman–Crippen LogP) is 2.49. The van der Waals surface area contributed by atoms with Crippen LogP contribution >= 0.6 is 11.6 Å². The van der Waals surface area contributed by atoms with Crippen molar-refractivity contribution in [1.29, 1.82) is 0 Å². The van der Waals surface area contributed by atoms with Crippen LogP contribution in [0.3, 0.4) is 0 Å². The van der Waals surface area contributed by atoms with Crippen LogP contribution in [0, 0.1) is 5.92 Å². The number of fused-ring (bicyclic) bond motifs is 1. The maximum atomic E-state index is 12.3. The van der Waals surface area contributed by atoms with Crippen LogP contribution in [0.5, 0.6) is 5.75 Å². The van der Waals surface area contributed by atoms with Gasteiger partial charge in [0.1, 0.15) is 18.4 Å². The average Bonchev–Trinajstić information content (AvgIpc) is 3.29. The fourth-order valence-electron chi connectivity index (χ4n) is 2.44. The van der Waals surface area contributed by atoms with Gasteiger partial charge in [0.05, 0.1) is 5.57 Å². The minimum absolute atomic E-state index is 0.121. The second-order valence-electron chi connectivity index (χ2n) is 5.68. The van der Waals surface area contributed by atoms with E-state index < -0.39 is 17.9 Å². The number of carboxylic acids is 1. The smallest absolute Gasteiger partial charge is 0.326 e. The van der Waals surface area contributed by atoms with Crippen LogP contribution < -0.4 is 10.1 Å². The lowest BCUT2D eigenvalue weighted by molar-refractivity contribution is -0.141. The van der Waals surface area contributed by atoms with E-state index in [0.717, 1.165) is 18.4 Å². The molecule has 0 spiro atoms. The van der Waals surface area contributed by atoms with E-state index in [2.05, 4.69) is 5.32 Å². The van der Waals surface area contributed by atoms with Gasteiger partial charge in [-0.15, -0.1) is 0 Å². The van der Waals surface area contributed by atoms with Gasteiger partial charge in [0.15, 0.2) is 0 Å². The minimum atomic E-state index is -0.999. The summed E-state index contributed by atoms with van der Waals surface area (Å²) in [5, 5.41) is 12.3. The molecule has 6 heteroatoms. The summed E-state index contributed by atoms with van der Waals surface area (Å²) in [5.41, 5.74) is 1.12. The third kappa shape index (κ3) is 3.42. The Morgan fingerprint density at radius 1 is 1.41 bits per heavy atom. The topological polar surface area (TPSA) is 75.6 Å². The van der Waals surface area contributed by atoms with Crippen LogP contribution in [0.1, 0.15) is 24.8 Å². The van der Waals surface area contributed by atoms with Gasteiger partial charge in [-0.3, -0.25) is 4.79 Å². The molecule has 1 amide bonds. The van der Waals surface area contributed by atoms with Crippen molar-refractivity contribution >= 4 is 29.6 Å². The Kier molecular flexibility index (Phi) is 4.07. The second-order valence-corrected chi connectivity index (χ2v) is 6.12. The summed E-state index contributed by atoms with van der Waals surface area (Å²) in [6.45, 7) is 0.121. The molecule has 1 atom stereocenters. The third-order valence-electron chi connectivity index (χ3n) is 3.85. The molecule has 1 saturated carbocycles. The normalized spacial score (nSPS) is 17.8. The number of benzene rings is 1. The molecular weight excluding hydrogens is 306 g/mol. The Morgan fingerprint density at radius 2 is 2.18 bits per heavy atom. The number of rotatable bonds is 5. The van der Waals surface area contributed by atoms with Gasteiger partial charge >= 0.3 is 5.97 Å². The summed E-state index contributed by atoms with van der Waals surface area (Å²) >= 11 is 5.93. The highest BCUT2D eigenvalue weighted by molar-refractivity contribution is 6.30. The number of halogens is 1. The molecule has 0 saturated heterocycles. The Morgan fingerprint density at radius 3 is 2.86 bits per heavy atom. The van der Waals surface area contributed by atoms with Crippen molar-refractivity contribution in [3.8, 4) is 5.75 Å². The van der Waals surface area contributed by atoms with Gasteiger partial charge in [0, 0.05) is 10.6 Å². The molecule has 1 aromatic carbocycles. The number of carbonyl (C=O) groups excluding carboxylic acids is 1. The number of aliphatic carboxylic acids is 1. The molecule has 116 valence electrons. The standard InChI is InChI=1S/C16H16ClNO4/c17-12-3-4-14-10(7-12)6-11(8-22-14)15(19)18-13(16(20)21)5-9-1-2-9/h3-4,6-7,9,13H,1-2,5,8H2,(H,18,19)(H,20,21). The highest BCUT2D eigenvalue weighted by atomic mass is 35.5. The van der Waals surface area contributed by atoms with E-state index in [1.807, 2.05) is 0 Å². The lowest BCUT2D eigenvalue weighted by Crippen LogP contribution is -2.42. The lowest BCUT2D eigenvalue weighted by atomic mass is 10.1. The molecular formula is C16H16ClNO4. The Hall–Kier alpha value is -2.01. The SMILES string of the molecule is O=C(NC(CC1CC1)C(=O)O)C1=Cc2cc(Cl)ccc2OC1. The quantitative estimate of drug-likeness (QED) is 0.873. The van der Waals surface area contributed by atoms with Gasteiger partial charge in [-0.1, -0.05) is 24.4 Å². The summed E-state index contributed by atoms with van der Waals surface area (Å²) in [5.74, 6) is -0.328. The van der Waals surface area contributed by atoms with Crippen molar-refractivity contribution in [2.24, 2.45) is 5.92 Å². The largest absolute Gasteiger partial charge is 0.488 e. The van der Waals surface area contributed by atoms with Crippen LogP contribution in [0.4, 0.5) is 0 Å². The van der Waals surface area contributed by atoms with E-state index in [-0.39, 0.29) is 6.61 Å². The predicted molar refractivity (Wildman–Crippen MR) is 81.8 cm³/mol. The number of hydrogen-bond donors (Lipinski definition) is 2. The summed E-state index contributed by atoms with van der Waals surface area (Å²) in [4.78, 5) is 23.5. The summed E-state index contributed by atoms with van der Waals surface area (Å²) in [6, 6.07) is 4.33. The number of ether oxygens (including phenoxy) is 1. The van der Waals surface area contributed by atoms with Gasteiger partial charge in [0.25, 0.3) is 5.91 Å². The number of carbonyl (C=O) groups is 2. The number of amides is 1. The van der Waals surface area contributed by atoms with Crippen LogP contribution in [-0.4, -0.2) is 29.6 Å². The summed E-state index contributed by atoms with van der Waals surface area (Å²) in [6.07, 6.45) is 4.25. The van der Waals surface area contributed by atoms with Gasteiger partial charge in [-0.25, -0.2) is 4.79 Å². The first-order valence-electron chi connectivity index (χ1n) is 7.19. The second kappa shape index (κ2) is 6.01. The van der Waals surface area contributed by atoms with Crippen molar-refractivity contribution in [2.75, 3.05) is 6.61 Å². The first kappa shape index (κ1) is 14.9. The molecule has 1 aliphatic carbocycles. The minimum Gasteiger partial charge on any atom is -0.488 e. The van der Waals surface area contributed by atoms with E-state index in [1.165, 1.54) is 0 Å². The zero-order valence-corrected chi connectivity index (χ0v) is 12.6. The van der Waals surface area contributed by atoms with Crippen LogP contribution in [0.15, 0.2) is 23.8 Å². The molecule has 0 aromatic heterocycles. The molecule has 2 aliphatic rings. The number of hydrogen-bond acceptors (Lipinski definition) is 3. The van der Waals surface area contributed by atoms with Crippen molar-refractivity contribution < 1.29 is 19.4 Å². The third-order valence-corrected chi connectivity index (χ3v) is 4.08. The zero-order valence-electron chi connectivity index (χ0n) is 11.8. The fraction of sp³-hybridized carbons (Fsp3) is 0.375. The highest BCUT2D eigenvalue weighted by Gasteiger charge is 2.31. The molecule has 1 heterocycles. The van der Waals surface area contributed by atoms with Gasteiger partial charge in [0.2, 0.25) is 0 Å². The van der Waals surface area contributed by atoms with Crippen molar-refractivity contribution in [1.82, 2.24) is 5.32 Å². The Labute approximate surface area is 132 Å². The molecule has 1 unspecified atom stereocenters. The molecule has 0 radical (unpaired) electrons. The van der Waals surface area contributed by atoms with Gasteiger partial charge < -0.3 is 15.2 Å². The Balaban J connectivity index is 1.72. The molecule has 5 nitrogen and oxygen atoms in total. The van der Waals surface area contributed by atoms with Crippen molar-refractivity contribution in [3.05, 3.63) is 34.4 Å². The van der Waals surface area contributed by atoms with E-state index >= 15 is 0 Å². The number of carboxylic acid groups (broad SMARTS) is 1. The summed E-state index contributed by atoms with van der Waals surface area (Å²) < 4.78 is 5.51. The first-order chi connectivity index (χ1) is 10.5. The monoisotopic (exact) mass is 321 g/mol. The van der Waals surface area contributed by atoms with E-state index in [9.17, 15) is 14.7 Å². The zero-order chi connectivity index (χ0) is 15.7. The molecule has 2 N–H and O–H groups in total. The van der Waals surface area contributed by atoms with Crippen molar-refractivity contribution in [2.45, 2.75) is 25.3 Å². The molecule has 0 bridgehead atoms. The Bertz CT molecular complexity index is 652. The molecule has 1 aromatic rings. The first-order valence-corrected chi connectivity index (χ1v) is 7.57. The lowest BCUT2D eigenvalue weighted by Gasteiger charge is -2.20. The van der Waals surface area contributed by atoms with Crippen molar-refractivity contribution in [3.63, 3.8) is 0 Å². The fourth-order valence-corrected chi connectivity index (χ4v) is 2.62. The van der Waals surface area contributed by atoms with Gasteiger partial charge in [-0.05, 0) is 36.6 Å². The van der Waals surface area contributed by atoms with E-state index in [4.69, 9.17) is 16.3 Å². The number of nitrogens with one attached hydrogen (secondary N) is 1. The van der Waals surface area contributed by atoms with Gasteiger partial charge in [-0.2, -0.15) is 0 Å². The molecule has 1 fully saturated rings. The van der Waals surface area contributed by atoms with Crippen LogP contribution in [0.25, 0.3) is 6.08 Å². The van der Waals surface area contributed by atoms with Crippen LogP contribution in [-0.2, 0) is 9.59 Å². The van der Waals surface area contributed by atoms with Crippen LogP contribution in [0.2, 0.25) is 5.02 Å². The maximum Gasteiger partial charge on any atom is 0.326 e. The molecule has 3 rings (SSSR count). The molecule has 22 heavy (non-hydrogen) atoms. The maximum absolute atomic E-state index is 12.3. The highest BCUT2D eigenvalue weighted by Crippen LogP contribution is 2.34. The summed E-state index contributed by atoms with van der Waals surface area (Å²) in [7, 11) is 0. The van der Waals surface area contributed by atoms with E-state index in [0.29, 0.717) is 28.7 Å². The molecule has 1 aliphatic heterocycles. The average molecular weight is 322 g/mol.